The molecular formula is C14H19ClINO. The van der Waals surface area contributed by atoms with E-state index in [1.807, 2.05) is 18.2 Å². The molecule has 0 aliphatic heterocycles. The van der Waals surface area contributed by atoms with Gasteiger partial charge in [0.2, 0.25) is 5.91 Å². The van der Waals surface area contributed by atoms with Crippen molar-refractivity contribution < 1.29 is 4.79 Å². The molecule has 0 aliphatic carbocycles. The zero-order chi connectivity index (χ0) is 13.9. The molecule has 1 N–H and O–H groups in total. The molecule has 0 radical (unpaired) electrons. The van der Waals surface area contributed by atoms with E-state index >= 15 is 0 Å². The first-order valence-electron chi connectivity index (χ1n) is 5.95. The maximum Gasteiger partial charge on any atom is 0.224 e. The minimum absolute atomic E-state index is 0.0144. The SMILES string of the molecule is CC(CC(=O)Nc1ccc(I)cc1Cl)C(C)(C)C. The van der Waals surface area contributed by atoms with Gasteiger partial charge < -0.3 is 5.32 Å². The van der Waals surface area contributed by atoms with Crippen molar-refractivity contribution in [1.82, 2.24) is 0 Å². The number of hydrogen-bond donors (Lipinski definition) is 1. The fraction of sp³-hybridized carbons (Fsp3) is 0.500. The molecule has 0 fully saturated rings. The second kappa shape index (κ2) is 6.24. The van der Waals surface area contributed by atoms with Crippen molar-refractivity contribution in [3.05, 3.63) is 26.8 Å². The smallest absolute Gasteiger partial charge is 0.224 e. The van der Waals surface area contributed by atoms with Gasteiger partial charge in [-0.2, -0.15) is 0 Å². The van der Waals surface area contributed by atoms with Crippen molar-refractivity contribution in [2.45, 2.75) is 34.1 Å². The lowest BCUT2D eigenvalue weighted by atomic mass is 9.80. The number of carbonyl (C=O) groups is 1. The zero-order valence-electron chi connectivity index (χ0n) is 11.2. The van der Waals surface area contributed by atoms with Crippen LogP contribution >= 0.6 is 34.2 Å². The van der Waals surface area contributed by atoms with Gasteiger partial charge in [-0.15, -0.1) is 0 Å². The van der Waals surface area contributed by atoms with Crippen molar-refractivity contribution in [1.29, 1.82) is 0 Å². The van der Waals surface area contributed by atoms with Crippen molar-refractivity contribution in [2.75, 3.05) is 5.32 Å². The van der Waals surface area contributed by atoms with Crippen LogP contribution in [0.1, 0.15) is 34.1 Å². The number of anilines is 1. The summed E-state index contributed by atoms with van der Waals surface area (Å²) in [5, 5.41) is 3.45. The number of halogens is 2. The topological polar surface area (TPSA) is 29.1 Å². The van der Waals surface area contributed by atoms with Crippen LogP contribution < -0.4 is 5.32 Å². The van der Waals surface area contributed by atoms with E-state index in [1.54, 1.807) is 0 Å². The predicted octanol–water partition coefficient (Wildman–Crippen LogP) is 4.96. The Balaban J connectivity index is 2.65. The normalized spacial score (nSPS) is 13.2. The molecule has 1 amide bonds. The van der Waals surface area contributed by atoms with Gasteiger partial charge in [0.25, 0.3) is 0 Å². The molecule has 0 saturated heterocycles. The summed E-state index contributed by atoms with van der Waals surface area (Å²) in [6, 6.07) is 5.60. The van der Waals surface area contributed by atoms with E-state index in [0.717, 1.165) is 3.57 Å². The molecular weight excluding hydrogens is 361 g/mol. The zero-order valence-corrected chi connectivity index (χ0v) is 14.1. The number of amides is 1. The number of benzene rings is 1. The Hall–Kier alpha value is -0.290. The monoisotopic (exact) mass is 379 g/mol. The molecule has 0 aliphatic rings. The fourth-order valence-electron chi connectivity index (χ4n) is 1.38. The van der Waals surface area contributed by atoms with Gasteiger partial charge in [0.05, 0.1) is 10.7 Å². The van der Waals surface area contributed by atoms with E-state index in [4.69, 9.17) is 11.6 Å². The molecule has 0 saturated carbocycles. The van der Waals surface area contributed by atoms with Gasteiger partial charge >= 0.3 is 0 Å². The quantitative estimate of drug-likeness (QED) is 0.739. The molecule has 0 heterocycles. The van der Waals surface area contributed by atoms with Crippen LogP contribution in [0.5, 0.6) is 0 Å². The van der Waals surface area contributed by atoms with Gasteiger partial charge in [-0.05, 0) is 52.1 Å². The van der Waals surface area contributed by atoms with E-state index in [2.05, 4.69) is 55.6 Å². The van der Waals surface area contributed by atoms with E-state index in [9.17, 15) is 4.79 Å². The summed E-state index contributed by atoms with van der Waals surface area (Å²) in [6.45, 7) is 8.52. The second-order valence-corrected chi connectivity index (χ2v) is 7.30. The lowest BCUT2D eigenvalue weighted by molar-refractivity contribution is -0.117. The third-order valence-electron chi connectivity index (χ3n) is 3.18. The maximum absolute atomic E-state index is 11.9. The minimum Gasteiger partial charge on any atom is -0.325 e. The number of carbonyl (C=O) groups excluding carboxylic acids is 1. The molecule has 0 spiro atoms. The molecule has 2 nitrogen and oxygen atoms in total. The highest BCUT2D eigenvalue weighted by Crippen LogP contribution is 2.29. The Morgan fingerprint density at radius 3 is 2.56 bits per heavy atom. The van der Waals surface area contributed by atoms with Crippen LogP contribution in [0.15, 0.2) is 18.2 Å². The van der Waals surface area contributed by atoms with E-state index < -0.39 is 0 Å². The van der Waals surface area contributed by atoms with Gasteiger partial charge in [-0.25, -0.2) is 0 Å². The van der Waals surface area contributed by atoms with Crippen LogP contribution in [-0.4, -0.2) is 5.91 Å². The first kappa shape index (κ1) is 15.8. The van der Waals surface area contributed by atoms with Crippen molar-refractivity contribution in [3.8, 4) is 0 Å². The number of rotatable bonds is 3. The summed E-state index contributed by atoms with van der Waals surface area (Å²) in [7, 11) is 0. The van der Waals surface area contributed by atoms with E-state index in [1.165, 1.54) is 0 Å². The Bertz CT molecular complexity index is 440. The molecule has 100 valence electrons. The molecule has 18 heavy (non-hydrogen) atoms. The fourth-order valence-corrected chi connectivity index (χ4v) is 2.28. The van der Waals surface area contributed by atoms with E-state index in [0.29, 0.717) is 23.0 Å². The summed E-state index contributed by atoms with van der Waals surface area (Å²) in [6.07, 6.45) is 0.506. The summed E-state index contributed by atoms with van der Waals surface area (Å²) < 4.78 is 1.05. The standard InChI is InChI=1S/C14H19ClINO/c1-9(14(2,3)4)7-13(18)17-12-6-5-10(16)8-11(12)15/h5-6,8-9H,7H2,1-4H3,(H,17,18). The summed E-state index contributed by atoms with van der Waals surface area (Å²) in [4.78, 5) is 11.9. The highest BCUT2D eigenvalue weighted by atomic mass is 127. The third kappa shape index (κ3) is 4.76. The summed E-state index contributed by atoms with van der Waals surface area (Å²) >= 11 is 8.27. The molecule has 0 bridgehead atoms. The van der Waals surface area contributed by atoms with Gasteiger partial charge in [0.1, 0.15) is 0 Å². The van der Waals surface area contributed by atoms with Crippen LogP contribution in [0.25, 0.3) is 0 Å². The largest absolute Gasteiger partial charge is 0.325 e. The molecule has 1 atom stereocenters. The van der Waals surface area contributed by atoms with Crippen LogP contribution in [0.3, 0.4) is 0 Å². The molecule has 4 heteroatoms. The molecule has 1 aromatic rings. The van der Waals surface area contributed by atoms with Crippen LogP contribution in [0, 0.1) is 14.9 Å². The van der Waals surface area contributed by atoms with Crippen molar-refractivity contribution in [2.24, 2.45) is 11.3 Å². The first-order valence-corrected chi connectivity index (χ1v) is 7.40. The van der Waals surface area contributed by atoms with Gasteiger partial charge in [-0.3, -0.25) is 4.79 Å². The van der Waals surface area contributed by atoms with E-state index in [-0.39, 0.29) is 11.3 Å². The predicted molar refractivity (Wildman–Crippen MR) is 86.0 cm³/mol. The van der Waals surface area contributed by atoms with Crippen molar-refractivity contribution in [3.63, 3.8) is 0 Å². The Kier molecular flexibility index (Phi) is 5.46. The van der Waals surface area contributed by atoms with Crippen LogP contribution in [0.4, 0.5) is 5.69 Å². The van der Waals surface area contributed by atoms with Gasteiger partial charge in [0.15, 0.2) is 0 Å². The molecule has 1 rings (SSSR count). The highest BCUT2D eigenvalue weighted by molar-refractivity contribution is 14.1. The average Bonchev–Trinajstić information content (AvgIpc) is 2.20. The number of hydrogen-bond acceptors (Lipinski definition) is 1. The highest BCUT2D eigenvalue weighted by Gasteiger charge is 2.22. The van der Waals surface area contributed by atoms with Gasteiger partial charge in [0, 0.05) is 9.99 Å². The van der Waals surface area contributed by atoms with Crippen LogP contribution in [0.2, 0.25) is 5.02 Å². The lowest BCUT2D eigenvalue weighted by Gasteiger charge is -2.26. The molecule has 0 aromatic heterocycles. The van der Waals surface area contributed by atoms with Gasteiger partial charge in [-0.1, -0.05) is 39.3 Å². The lowest BCUT2D eigenvalue weighted by Crippen LogP contribution is -2.24. The first-order chi connectivity index (χ1) is 8.20. The Labute approximate surface area is 128 Å². The molecule has 1 aromatic carbocycles. The third-order valence-corrected chi connectivity index (χ3v) is 4.16. The second-order valence-electron chi connectivity index (χ2n) is 5.64. The minimum atomic E-state index is 0.0144. The van der Waals surface area contributed by atoms with Crippen LogP contribution in [-0.2, 0) is 4.79 Å². The average molecular weight is 380 g/mol. The summed E-state index contributed by atoms with van der Waals surface area (Å²) in [5.74, 6) is 0.334. The van der Waals surface area contributed by atoms with Crippen molar-refractivity contribution >= 4 is 45.8 Å². The Morgan fingerprint density at radius 2 is 2.06 bits per heavy atom. The summed E-state index contributed by atoms with van der Waals surface area (Å²) in [5.41, 5.74) is 0.816. The number of nitrogens with one attached hydrogen (secondary N) is 1. The maximum atomic E-state index is 11.9. The Morgan fingerprint density at radius 1 is 1.44 bits per heavy atom. The molecule has 1 unspecified atom stereocenters.